The number of nitrogens with two attached hydrogens (primary N) is 3. The third-order valence-corrected chi connectivity index (χ3v) is 4.39. The average Bonchev–Trinajstić information content (AvgIpc) is 3.20. The van der Waals surface area contributed by atoms with E-state index in [1.807, 2.05) is 0 Å². The fourth-order valence-corrected chi connectivity index (χ4v) is 2.82. The zero-order chi connectivity index (χ0) is 21.6. The molecule has 0 saturated carbocycles. The van der Waals surface area contributed by atoms with Crippen molar-refractivity contribution in [3.63, 3.8) is 0 Å². The molecule has 3 rings (SSSR count). The van der Waals surface area contributed by atoms with Crippen molar-refractivity contribution in [3.05, 3.63) is 54.1 Å². The normalized spacial score (nSPS) is 17.9. The first-order valence-corrected chi connectivity index (χ1v) is 9.31. The van der Waals surface area contributed by atoms with Gasteiger partial charge in [-0.05, 0) is 42.8 Å². The fourth-order valence-electron chi connectivity index (χ4n) is 2.82. The Labute approximate surface area is 171 Å². The van der Waals surface area contributed by atoms with E-state index in [2.05, 4.69) is 14.7 Å². The van der Waals surface area contributed by atoms with Gasteiger partial charge in [0.2, 0.25) is 0 Å². The van der Waals surface area contributed by atoms with Crippen molar-refractivity contribution in [2.24, 2.45) is 21.6 Å². The summed E-state index contributed by atoms with van der Waals surface area (Å²) in [5.74, 6) is 0.612. The Morgan fingerprint density at radius 3 is 2.43 bits per heavy atom. The minimum Gasteiger partial charge on any atom is -0.406 e. The molecule has 1 fully saturated rings. The van der Waals surface area contributed by atoms with Crippen molar-refractivity contribution in [1.82, 2.24) is 0 Å². The number of anilines is 1. The van der Waals surface area contributed by atoms with Gasteiger partial charge in [0, 0.05) is 35.9 Å². The third-order valence-electron chi connectivity index (χ3n) is 4.39. The number of halogens is 3. The highest BCUT2D eigenvalue weighted by Gasteiger charge is 2.31. The molecule has 1 heterocycles. The van der Waals surface area contributed by atoms with Gasteiger partial charge in [-0.3, -0.25) is 0 Å². The predicted molar refractivity (Wildman–Crippen MR) is 108 cm³/mol. The number of ether oxygens (including phenoxy) is 2. The summed E-state index contributed by atoms with van der Waals surface area (Å²) in [7, 11) is 0. The smallest absolute Gasteiger partial charge is 0.406 e. The van der Waals surface area contributed by atoms with Crippen LogP contribution in [0.4, 0.5) is 24.5 Å². The molecule has 0 amide bonds. The van der Waals surface area contributed by atoms with E-state index in [0.29, 0.717) is 48.6 Å². The summed E-state index contributed by atoms with van der Waals surface area (Å²) in [6.07, 6.45) is -3.82. The molecule has 0 radical (unpaired) electrons. The molecule has 0 spiro atoms. The highest BCUT2D eigenvalue weighted by Crippen LogP contribution is 2.23. The molecule has 1 atom stereocenters. The quantitative estimate of drug-likeness (QED) is 0.389. The highest BCUT2D eigenvalue weighted by atomic mass is 19.4. The minimum absolute atomic E-state index is 0.254. The maximum atomic E-state index is 12.3. The number of amidine groups is 1. The zero-order valence-corrected chi connectivity index (χ0v) is 16.1. The van der Waals surface area contributed by atoms with Crippen molar-refractivity contribution in [2.45, 2.75) is 12.8 Å². The van der Waals surface area contributed by atoms with E-state index >= 15 is 0 Å². The van der Waals surface area contributed by atoms with E-state index in [9.17, 15) is 13.2 Å². The summed E-state index contributed by atoms with van der Waals surface area (Å²) in [5.41, 5.74) is 13.7. The second kappa shape index (κ2) is 9.59. The molecule has 7 nitrogen and oxygen atoms in total. The molecule has 1 saturated heterocycles. The summed E-state index contributed by atoms with van der Waals surface area (Å²) in [6, 6.07) is 12.4. The van der Waals surface area contributed by atoms with Crippen LogP contribution >= 0.6 is 0 Å². The Bertz CT molecular complexity index is 890. The number of benzene rings is 2. The summed E-state index contributed by atoms with van der Waals surface area (Å²) in [6.45, 7) is 1.85. The van der Waals surface area contributed by atoms with Gasteiger partial charge in [-0.15, -0.1) is 13.2 Å². The van der Waals surface area contributed by atoms with Crippen molar-refractivity contribution in [3.8, 4) is 5.75 Å². The van der Waals surface area contributed by atoms with E-state index in [0.717, 1.165) is 6.42 Å². The largest absolute Gasteiger partial charge is 0.573 e. The zero-order valence-electron chi connectivity index (χ0n) is 16.1. The Hall–Kier alpha value is -3.11. The van der Waals surface area contributed by atoms with Crippen molar-refractivity contribution >= 4 is 23.2 Å². The molecule has 6 N–H and O–H groups in total. The third kappa shape index (κ3) is 6.75. The lowest BCUT2D eigenvalue weighted by molar-refractivity contribution is -0.445. The van der Waals surface area contributed by atoms with Crippen LogP contribution in [0.15, 0.2) is 58.5 Å². The number of nitrogens with zero attached hydrogens (tertiary/aromatic N) is 2. The second-order valence-corrected chi connectivity index (χ2v) is 6.81. The van der Waals surface area contributed by atoms with Crippen LogP contribution in [0.3, 0.4) is 0 Å². The van der Waals surface area contributed by atoms with Crippen molar-refractivity contribution in [1.29, 1.82) is 0 Å². The van der Waals surface area contributed by atoms with Gasteiger partial charge >= 0.3 is 12.3 Å². The number of aliphatic imine (C=N–C) groups is 2. The minimum atomic E-state index is -4.74. The highest BCUT2D eigenvalue weighted by molar-refractivity contribution is 6.03. The van der Waals surface area contributed by atoms with Gasteiger partial charge in [-0.1, -0.05) is 0 Å². The van der Waals surface area contributed by atoms with E-state index in [4.69, 9.17) is 16.2 Å². The van der Waals surface area contributed by atoms with Crippen LogP contribution in [0.25, 0.3) is 0 Å². The average molecular weight is 422 g/mol. The molecule has 160 valence electrons. The molecule has 10 heteroatoms. The Kier molecular flexibility index (Phi) is 6.91. The molecule has 1 aliphatic heterocycles. The number of rotatable bonds is 5. The van der Waals surface area contributed by atoms with Crippen LogP contribution in [0.1, 0.15) is 12.0 Å². The van der Waals surface area contributed by atoms with Gasteiger partial charge in [0.05, 0.1) is 13.2 Å². The standard InChI is InChI=1S/C20H22F3N5O2/c21-20(22,23)30-17-7-5-16(6-8-17)27-19(26-11-13-9-10-29-12-13)28-18(25)14-1-3-15(24)4-2-14/h1-8,13H,9-12,24H2,(H3,25,26,27,28)/p+1. The first-order valence-electron chi connectivity index (χ1n) is 9.31. The topological polar surface area (TPSA) is 112 Å². The molecule has 2 aromatic rings. The maximum absolute atomic E-state index is 12.3. The first kappa shape index (κ1) is 21.6. The number of nitrogen functional groups attached to an aromatic ring is 1. The summed E-state index contributed by atoms with van der Waals surface area (Å²) in [4.78, 5) is 8.95. The van der Waals surface area contributed by atoms with E-state index in [1.165, 1.54) is 24.3 Å². The van der Waals surface area contributed by atoms with Crippen LogP contribution in [0.2, 0.25) is 0 Å². The molecule has 30 heavy (non-hydrogen) atoms. The first-order chi connectivity index (χ1) is 14.3. The second-order valence-electron chi connectivity index (χ2n) is 6.81. The van der Waals surface area contributed by atoms with Gasteiger partial charge < -0.3 is 20.9 Å². The predicted octanol–water partition coefficient (Wildman–Crippen LogP) is 2.16. The van der Waals surface area contributed by atoms with Crippen LogP contribution in [0, 0.1) is 5.92 Å². The summed E-state index contributed by atoms with van der Waals surface area (Å²) in [5, 5.41) is 1.65. The van der Waals surface area contributed by atoms with Crippen molar-refractivity contribution < 1.29 is 28.0 Å². The number of hydrogen-bond donors (Lipinski definition) is 3. The lowest BCUT2D eigenvalue weighted by atomic mass is 10.1. The molecular weight excluding hydrogens is 399 g/mol. The fraction of sp³-hybridized carbons (Fsp3) is 0.300. The van der Waals surface area contributed by atoms with Crippen LogP contribution < -0.4 is 21.5 Å². The van der Waals surface area contributed by atoms with Gasteiger partial charge in [0.15, 0.2) is 0 Å². The monoisotopic (exact) mass is 422 g/mol. The molecule has 0 bridgehead atoms. The number of quaternary nitrogens is 1. The number of alkyl halides is 3. The summed E-state index contributed by atoms with van der Waals surface area (Å²) < 4.78 is 46.3. The van der Waals surface area contributed by atoms with Crippen LogP contribution in [0.5, 0.6) is 5.75 Å². The molecule has 1 aliphatic rings. The van der Waals surface area contributed by atoms with E-state index < -0.39 is 6.36 Å². The Morgan fingerprint density at radius 2 is 1.83 bits per heavy atom. The van der Waals surface area contributed by atoms with E-state index in [-0.39, 0.29) is 11.6 Å². The molecule has 0 aliphatic carbocycles. The lowest BCUT2D eigenvalue weighted by Crippen LogP contribution is -2.82. The van der Waals surface area contributed by atoms with Crippen molar-refractivity contribution in [2.75, 3.05) is 25.5 Å². The maximum Gasteiger partial charge on any atom is 0.573 e. The van der Waals surface area contributed by atoms with Gasteiger partial charge in [-0.2, -0.15) is 4.99 Å². The Balaban J connectivity index is 1.77. The SMILES string of the molecule is N/C(=N\C(=NCC1CCOC1)[NH2+]c1ccc(OC(F)(F)F)cc1)c1ccc(N)cc1. The van der Waals surface area contributed by atoms with Crippen LogP contribution in [-0.2, 0) is 4.74 Å². The van der Waals surface area contributed by atoms with E-state index in [1.54, 1.807) is 29.6 Å². The molecule has 2 aromatic carbocycles. The number of guanidine groups is 1. The Morgan fingerprint density at radius 1 is 1.13 bits per heavy atom. The number of hydrogen-bond acceptors (Lipinski definition) is 4. The van der Waals surface area contributed by atoms with Gasteiger partial charge in [0.1, 0.15) is 17.3 Å². The van der Waals surface area contributed by atoms with Crippen LogP contribution in [-0.4, -0.2) is 37.9 Å². The van der Waals surface area contributed by atoms with Gasteiger partial charge in [-0.25, -0.2) is 10.3 Å². The molecule has 0 aromatic heterocycles. The lowest BCUT2D eigenvalue weighted by Gasteiger charge is -2.09. The summed E-state index contributed by atoms with van der Waals surface area (Å²) >= 11 is 0. The molecular formula is C20H23F3N5O2+. The van der Waals surface area contributed by atoms with Gasteiger partial charge in [0.25, 0.3) is 0 Å². The molecule has 1 unspecified atom stereocenters.